The van der Waals surface area contributed by atoms with Crippen LogP contribution >= 0.6 is 0 Å². The van der Waals surface area contributed by atoms with E-state index in [1.54, 1.807) is 29.2 Å². The average Bonchev–Trinajstić information content (AvgIpc) is 3.57. The van der Waals surface area contributed by atoms with Gasteiger partial charge < -0.3 is 14.9 Å². The molecule has 3 aliphatic rings. The third-order valence-electron chi connectivity index (χ3n) is 7.98. The monoisotopic (exact) mass is 454 g/mol. The highest BCUT2D eigenvalue weighted by molar-refractivity contribution is 5.97. The second-order valence-electron chi connectivity index (χ2n) is 9.68. The summed E-state index contributed by atoms with van der Waals surface area (Å²) in [4.78, 5) is 34.4. The van der Waals surface area contributed by atoms with Crippen molar-refractivity contribution in [3.8, 4) is 0 Å². The lowest BCUT2D eigenvalue weighted by Gasteiger charge is -2.50. The van der Waals surface area contributed by atoms with Gasteiger partial charge in [0.25, 0.3) is 11.8 Å². The molecule has 4 heterocycles. The number of hydrogen-bond donors (Lipinski definition) is 2. The molecule has 2 amide bonds. The lowest BCUT2D eigenvalue weighted by atomic mass is 9.56. The largest absolute Gasteiger partial charge is 0.387 e. The van der Waals surface area contributed by atoms with Crippen LogP contribution < -0.4 is 0 Å². The van der Waals surface area contributed by atoms with E-state index in [1.807, 2.05) is 35.2 Å². The van der Waals surface area contributed by atoms with Crippen LogP contribution in [0.3, 0.4) is 0 Å². The van der Waals surface area contributed by atoms with E-state index in [4.69, 9.17) is 0 Å². The SMILES string of the molecule is O=C(c1ccc2n[nH]nc2c1)N1C[C@@H]2C3CN(C(=O)c4ccc5ccccc5n4)CC3(O)[C@@H]2C1. The van der Waals surface area contributed by atoms with Crippen LogP contribution in [-0.4, -0.2) is 78.9 Å². The minimum Gasteiger partial charge on any atom is -0.387 e. The molecule has 1 aliphatic carbocycles. The van der Waals surface area contributed by atoms with Crippen molar-refractivity contribution >= 4 is 33.8 Å². The van der Waals surface area contributed by atoms with Crippen molar-refractivity contribution in [3.63, 3.8) is 0 Å². The van der Waals surface area contributed by atoms with Gasteiger partial charge in [0.1, 0.15) is 16.7 Å². The Balaban J connectivity index is 1.08. The summed E-state index contributed by atoms with van der Waals surface area (Å²) in [7, 11) is 0. The highest BCUT2D eigenvalue weighted by Crippen LogP contribution is 2.57. The average molecular weight is 454 g/mol. The quantitative estimate of drug-likeness (QED) is 0.477. The Labute approximate surface area is 194 Å². The van der Waals surface area contributed by atoms with Crippen molar-refractivity contribution in [2.24, 2.45) is 17.8 Å². The van der Waals surface area contributed by atoms with E-state index in [1.165, 1.54) is 0 Å². The Morgan fingerprint density at radius 2 is 1.68 bits per heavy atom. The maximum atomic E-state index is 13.2. The lowest BCUT2D eigenvalue weighted by Crippen LogP contribution is -2.61. The van der Waals surface area contributed by atoms with Gasteiger partial charge in [-0.05, 0) is 36.2 Å². The number of H-pyrrole nitrogens is 1. The van der Waals surface area contributed by atoms with Crippen molar-refractivity contribution in [2.75, 3.05) is 26.2 Å². The molecule has 2 aromatic carbocycles. The van der Waals surface area contributed by atoms with Crippen LogP contribution in [0.5, 0.6) is 0 Å². The van der Waals surface area contributed by atoms with E-state index in [0.717, 1.165) is 10.9 Å². The van der Waals surface area contributed by atoms with Crippen LogP contribution in [-0.2, 0) is 0 Å². The molecule has 34 heavy (non-hydrogen) atoms. The van der Waals surface area contributed by atoms with Gasteiger partial charge in [0.2, 0.25) is 0 Å². The van der Waals surface area contributed by atoms with Gasteiger partial charge in [0.15, 0.2) is 0 Å². The first-order chi connectivity index (χ1) is 16.5. The molecule has 4 aromatic rings. The molecule has 0 spiro atoms. The number of benzene rings is 2. The van der Waals surface area contributed by atoms with Crippen molar-refractivity contribution in [3.05, 3.63) is 65.9 Å². The summed E-state index contributed by atoms with van der Waals surface area (Å²) in [5.74, 6) is -0.0841. The number of amides is 2. The van der Waals surface area contributed by atoms with Crippen molar-refractivity contribution < 1.29 is 14.7 Å². The number of para-hydroxylation sites is 1. The summed E-state index contributed by atoms with van der Waals surface area (Å²) in [6.45, 7) is 1.84. The Morgan fingerprint density at radius 3 is 2.56 bits per heavy atom. The second-order valence-corrected chi connectivity index (χ2v) is 9.68. The highest BCUT2D eigenvalue weighted by Gasteiger charge is 2.68. The Morgan fingerprint density at radius 1 is 0.882 bits per heavy atom. The molecule has 0 bridgehead atoms. The fourth-order valence-electron chi connectivity index (χ4n) is 6.25. The zero-order valence-electron chi connectivity index (χ0n) is 18.3. The maximum Gasteiger partial charge on any atom is 0.272 e. The van der Waals surface area contributed by atoms with Crippen LogP contribution in [0, 0.1) is 17.8 Å². The number of likely N-dealkylation sites (tertiary alicyclic amines) is 2. The topological polar surface area (TPSA) is 115 Å². The molecule has 7 rings (SSSR count). The van der Waals surface area contributed by atoms with Crippen LogP contribution in [0.1, 0.15) is 20.8 Å². The molecule has 2 saturated heterocycles. The molecule has 170 valence electrons. The van der Waals surface area contributed by atoms with Crippen molar-refractivity contribution in [1.82, 2.24) is 30.2 Å². The van der Waals surface area contributed by atoms with Crippen molar-refractivity contribution in [1.29, 1.82) is 0 Å². The van der Waals surface area contributed by atoms with Gasteiger partial charge in [-0.3, -0.25) is 9.59 Å². The van der Waals surface area contributed by atoms with Gasteiger partial charge in [0.05, 0.1) is 17.7 Å². The third-order valence-corrected chi connectivity index (χ3v) is 7.98. The van der Waals surface area contributed by atoms with E-state index in [9.17, 15) is 14.7 Å². The predicted octanol–water partition coefficient (Wildman–Crippen LogP) is 1.71. The number of carbonyl (C=O) groups is 2. The zero-order chi connectivity index (χ0) is 23.0. The van der Waals surface area contributed by atoms with E-state index >= 15 is 0 Å². The summed E-state index contributed by atoms with van der Waals surface area (Å²) < 4.78 is 0. The molecule has 0 radical (unpaired) electrons. The number of nitrogens with zero attached hydrogens (tertiary/aromatic N) is 5. The molecule has 2 unspecified atom stereocenters. The van der Waals surface area contributed by atoms with Crippen molar-refractivity contribution in [2.45, 2.75) is 5.60 Å². The van der Waals surface area contributed by atoms with Gasteiger partial charge >= 0.3 is 0 Å². The Kier molecular flexibility index (Phi) is 3.94. The minimum atomic E-state index is -0.956. The summed E-state index contributed by atoms with van der Waals surface area (Å²) in [6.07, 6.45) is 0. The smallest absolute Gasteiger partial charge is 0.272 e. The predicted molar refractivity (Wildman–Crippen MR) is 123 cm³/mol. The fourth-order valence-corrected chi connectivity index (χ4v) is 6.25. The van der Waals surface area contributed by atoms with E-state index in [0.29, 0.717) is 41.9 Å². The third kappa shape index (κ3) is 2.67. The molecular weight excluding hydrogens is 432 g/mol. The summed E-state index contributed by atoms with van der Waals surface area (Å²) in [5, 5.41) is 23.1. The number of aliphatic hydroxyl groups is 1. The Bertz CT molecular complexity index is 1480. The Hall–Kier alpha value is -3.85. The number of hydrogen-bond acceptors (Lipinski definition) is 6. The zero-order valence-corrected chi connectivity index (χ0v) is 18.3. The number of aromatic nitrogens is 4. The van der Waals surface area contributed by atoms with E-state index in [2.05, 4.69) is 20.4 Å². The molecule has 2 aromatic heterocycles. The van der Waals surface area contributed by atoms with Crippen LogP contribution in [0.4, 0.5) is 0 Å². The van der Waals surface area contributed by atoms with Gasteiger partial charge in [-0.1, -0.05) is 24.3 Å². The number of fused-ring (bicyclic) bond motifs is 6. The molecule has 3 fully saturated rings. The maximum absolute atomic E-state index is 13.2. The standard InChI is InChI=1S/C25H22N6O3/c32-23(15-6-7-20-22(9-15)28-29-27-20)30-10-16-17(11-30)25(34)13-31(12-18(16)25)24(33)21-8-5-14-3-1-2-4-19(14)26-21/h1-9,16-18,34H,10-13H2,(H,27,28,29)/t16-,17+,18?,25?/m0/s1. The summed E-state index contributed by atoms with van der Waals surface area (Å²) in [6, 6.07) is 16.7. The number of aromatic amines is 1. The van der Waals surface area contributed by atoms with Gasteiger partial charge in [-0.2, -0.15) is 15.4 Å². The van der Waals surface area contributed by atoms with Gasteiger partial charge in [0, 0.05) is 42.4 Å². The number of β-amino-alcohol motifs (C(OH)–C–C–N with tert-alkyl or cyclic N) is 1. The van der Waals surface area contributed by atoms with Crippen LogP contribution in [0.15, 0.2) is 54.6 Å². The molecule has 4 atom stereocenters. The number of nitrogens with one attached hydrogen (secondary N) is 1. The molecular formula is C25H22N6O3. The number of carbonyl (C=O) groups excluding carboxylic acids is 2. The highest BCUT2D eigenvalue weighted by atomic mass is 16.3. The first kappa shape index (κ1) is 19.6. The molecule has 2 aliphatic heterocycles. The first-order valence-electron chi connectivity index (χ1n) is 11.5. The van der Waals surface area contributed by atoms with Gasteiger partial charge in [-0.25, -0.2) is 4.98 Å². The van der Waals surface area contributed by atoms with E-state index in [-0.39, 0.29) is 36.1 Å². The van der Waals surface area contributed by atoms with Gasteiger partial charge in [-0.15, -0.1) is 0 Å². The first-order valence-corrected chi connectivity index (χ1v) is 11.5. The molecule has 9 nitrogen and oxygen atoms in total. The second kappa shape index (κ2) is 6.83. The van der Waals surface area contributed by atoms with Crippen LogP contribution in [0.25, 0.3) is 21.9 Å². The fraction of sp³-hybridized carbons (Fsp3) is 0.320. The molecule has 9 heteroatoms. The molecule has 1 saturated carbocycles. The van der Waals surface area contributed by atoms with E-state index < -0.39 is 5.60 Å². The minimum absolute atomic E-state index is 0.0282. The van der Waals surface area contributed by atoms with Crippen LogP contribution in [0.2, 0.25) is 0 Å². The normalized spacial score (nSPS) is 27.6. The lowest BCUT2D eigenvalue weighted by molar-refractivity contribution is -0.145. The molecule has 2 N–H and O–H groups in total. The summed E-state index contributed by atoms with van der Waals surface area (Å²) >= 11 is 0. The number of rotatable bonds is 2. The number of pyridine rings is 1. The summed E-state index contributed by atoms with van der Waals surface area (Å²) in [5.41, 5.74) is 2.16.